The molecule has 1 saturated heterocycles. The number of piperidine rings is 1. The minimum Gasteiger partial charge on any atom is -0.327 e. The molecule has 2 rings (SSSR count). The summed E-state index contributed by atoms with van der Waals surface area (Å²) in [7, 11) is 0. The van der Waals surface area contributed by atoms with Gasteiger partial charge in [0.25, 0.3) is 0 Å². The van der Waals surface area contributed by atoms with Gasteiger partial charge in [-0.1, -0.05) is 6.92 Å². The van der Waals surface area contributed by atoms with E-state index in [0.717, 1.165) is 19.5 Å². The zero-order chi connectivity index (χ0) is 13.8. The van der Waals surface area contributed by atoms with Gasteiger partial charge in [-0.05, 0) is 23.8 Å². The maximum Gasteiger partial charge on any atom is 0.239 e. The van der Waals surface area contributed by atoms with E-state index in [9.17, 15) is 4.79 Å². The third kappa shape index (κ3) is 3.53. The molecule has 0 aliphatic carbocycles. The molecule has 1 aromatic rings. The van der Waals surface area contributed by atoms with Gasteiger partial charge in [-0.3, -0.25) is 9.69 Å². The Bertz CT molecular complexity index is 493. The Balaban J connectivity index is 1.87. The summed E-state index contributed by atoms with van der Waals surface area (Å²) in [6.45, 7) is 4.18. The van der Waals surface area contributed by atoms with Crippen LogP contribution in [0.15, 0.2) is 11.4 Å². The number of amides is 1. The molecular formula is C13H18N4OS. The molecular weight excluding hydrogens is 260 g/mol. The number of hydrogen-bond acceptors (Lipinski definition) is 5. The summed E-state index contributed by atoms with van der Waals surface area (Å²) in [5.74, 6) is 0.347. The lowest BCUT2D eigenvalue weighted by Crippen LogP contribution is -2.48. The molecule has 2 heterocycles. The van der Waals surface area contributed by atoms with Crippen molar-refractivity contribution >= 4 is 22.2 Å². The lowest BCUT2D eigenvalue weighted by atomic mass is 9.95. The molecule has 1 aliphatic rings. The van der Waals surface area contributed by atoms with E-state index < -0.39 is 0 Å². The molecule has 1 amide bonds. The Hall–Kier alpha value is -1.42. The monoisotopic (exact) mass is 278 g/mol. The van der Waals surface area contributed by atoms with E-state index >= 15 is 0 Å². The maximum atomic E-state index is 11.9. The Morgan fingerprint density at radius 2 is 2.53 bits per heavy atom. The van der Waals surface area contributed by atoms with Gasteiger partial charge < -0.3 is 11.1 Å². The minimum atomic E-state index is -0.0679. The molecule has 1 fully saturated rings. The van der Waals surface area contributed by atoms with E-state index in [2.05, 4.69) is 23.2 Å². The van der Waals surface area contributed by atoms with Gasteiger partial charge in [0.15, 0.2) is 0 Å². The topological polar surface area (TPSA) is 82.2 Å². The molecule has 5 nitrogen and oxygen atoms in total. The van der Waals surface area contributed by atoms with Crippen LogP contribution in [0.5, 0.6) is 0 Å². The Kier molecular flexibility index (Phi) is 4.53. The van der Waals surface area contributed by atoms with Crippen LogP contribution in [0.1, 0.15) is 18.9 Å². The molecule has 0 spiro atoms. The van der Waals surface area contributed by atoms with Crippen LogP contribution in [-0.2, 0) is 4.79 Å². The lowest BCUT2D eigenvalue weighted by Gasteiger charge is -2.34. The number of nitrogens with two attached hydrogens (primary N) is 1. The third-order valence-corrected chi connectivity index (χ3v) is 4.29. The zero-order valence-corrected chi connectivity index (χ0v) is 11.7. The standard InChI is InChI=1S/C13H18N4OS/c1-9-7-17(4-2-11(9)15)8-12(18)16-13-10(6-14)3-5-19-13/h3,5,9,11H,2,4,7-8,15H2,1H3,(H,16,18). The van der Waals surface area contributed by atoms with Crippen LogP contribution in [0.2, 0.25) is 0 Å². The van der Waals surface area contributed by atoms with Gasteiger partial charge in [-0.25, -0.2) is 0 Å². The summed E-state index contributed by atoms with van der Waals surface area (Å²) in [5.41, 5.74) is 6.48. The molecule has 2 unspecified atom stereocenters. The van der Waals surface area contributed by atoms with E-state index in [4.69, 9.17) is 11.0 Å². The van der Waals surface area contributed by atoms with Crippen molar-refractivity contribution < 1.29 is 4.79 Å². The van der Waals surface area contributed by atoms with Crippen LogP contribution >= 0.6 is 11.3 Å². The maximum absolute atomic E-state index is 11.9. The first-order valence-electron chi connectivity index (χ1n) is 6.35. The number of carbonyl (C=O) groups is 1. The van der Waals surface area contributed by atoms with Gasteiger partial charge >= 0.3 is 0 Å². The number of anilines is 1. The van der Waals surface area contributed by atoms with Crippen LogP contribution in [0.25, 0.3) is 0 Å². The second-order valence-electron chi connectivity index (χ2n) is 4.99. The molecule has 1 aromatic heterocycles. The van der Waals surface area contributed by atoms with Crippen LogP contribution < -0.4 is 11.1 Å². The van der Waals surface area contributed by atoms with E-state index in [-0.39, 0.29) is 11.9 Å². The molecule has 2 atom stereocenters. The molecule has 102 valence electrons. The number of hydrogen-bond donors (Lipinski definition) is 2. The Labute approximate surface area is 117 Å². The third-order valence-electron chi connectivity index (χ3n) is 3.46. The molecule has 0 aromatic carbocycles. The highest BCUT2D eigenvalue weighted by Crippen LogP contribution is 2.22. The van der Waals surface area contributed by atoms with Gasteiger partial charge in [-0.2, -0.15) is 5.26 Å². The van der Waals surface area contributed by atoms with Crippen molar-refractivity contribution in [1.29, 1.82) is 5.26 Å². The first-order valence-corrected chi connectivity index (χ1v) is 7.23. The number of thiophene rings is 1. The smallest absolute Gasteiger partial charge is 0.239 e. The number of nitrogens with one attached hydrogen (secondary N) is 1. The highest BCUT2D eigenvalue weighted by molar-refractivity contribution is 7.14. The average molecular weight is 278 g/mol. The first-order chi connectivity index (χ1) is 9.10. The quantitative estimate of drug-likeness (QED) is 0.871. The van der Waals surface area contributed by atoms with Crippen molar-refractivity contribution in [2.45, 2.75) is 19.4 Å². The van der Waals surface area contributed by atoms with Gasteiger partial charge in [-0.15, -0.1) is 11.3 Å². The molecule has 1 aliphatic heterocycles. The zero-order valence-electron chi connectivity index (χ0n) is 10.9. The van der Waals surface area contributed by atoms with Gasteiger partial charge in [0.05, 0.1) is 12.1 Å². The van der Waals surface area contributed by atoms with Crippen LogP contribution in [-0.4, -0.2) is 36.5 Å². The molecule has 0 saturated carbocycles. The number of nitrogens with zero attached hydrogens (tertiary/aromatic N) is 2. The number of nitriles is 1. The van der Waals surface area contributed by atoms with E-state index in [0.29, 0.717) is 23.0 Å². The van der Waals surface area contributed by atoms with Crippen molar-refractivity contribution in [3.63, 3.8) is 0 Å². The predicted molar refractivity (Wildman–Crippen MR) is 75.9 cm³/mol. The van der Waals surface area contributed by atoms with Crippen molar-refractivity contribution in [3.8, 4) is 6.07 Å². The highest BCUT2D eigenvalue weighted by atomic mass is 32.1. The first kappa shape index (κ1) is 14.0. The molecule has 19 heavy (non-hydrogen) atoms. The number of likely N-dealkylation sites (tertiary alicyclic amines) is 1. The second-order valence-corrected chi connectivity index (χ2v) is 5.90. The highest BCUT2D eigenvalue weighted by Gasteiger charge is 2.24. The Morgan fingerprint density at radius 1 is 1.74 bits per heavy atom. The second kappa shape index (κ2) is 6.15. The van der Waals surface area contributed by atoms with Crippen LogP contribution in [0.3, 0.4) is 0 Å². The fourth-order valence-corrected chi connectivity index (χ4v) is 3.01. The largest absolute Gasteiger partial charge is 0.327 e. The van der Waals surface area contributed by atoms with Crippen LogP contribution in [0.4, 0.5) is 5.00 Å². The van der Waals surface area contributed by atoms with Crippen molar-refractivity contribution in [1.82, 2.24) is 4.90 Å². The number of rotatable bonds is 3. The molecule has 0 radical (unpaired) electrons. The average Bonchev–Trinajstić information content (AvgIpc) is 2.81. The number of carbonyl (C=O) groups excluding carboxylic acids is 1. The van der Waals surface area contributed by atoms with Gasteiger partial charge in [0, 0.05) is 19.1 Å². The minimum absolute atomic E-state index is 0.0679. The molecule has 3 N–H and O–H groups in total. The van der Waals surface area contributed by atoms with Crippen molar-refractivity contribution in [2.24, 2.45) is 11.7 Å². The van der Waals surface area contributed by atoms with Crippen molar-refractivity contribution in [3.05, 3.63) is 17.0 Å². The van der Waals surface area contributed by atoms with E-state index in [1.807, 2.05) is 0 Å². The fraction of sp³-hybridized carbons (Fsp3) is 0.538. The van der Waals surface area contributed by atoms with Crippen LogP contribution in [0, 0.1) is 17.2 Å². The summed E-state index contributed by atoms with van der Waals surface area (Å²) < 4.78 is 0. The lowest BCUT2D eigenvalue weighted by molar-refractivity contribution is -0.117. The summed E-state index contributed by atoms with van der Waals surface area (Å²) in [4.78, 5) is 14.1. The molecule has 0 bridgehead atoms. The van der Waals surface area contributed by atoms with E-state index in [1.54, 1.807) is 11.4 Å². The SMILES string of the molecule is CC1CN(CC(=O)Nc2sccc2C#N)CCC1N. The summed E-state index contributed by atoms with van der Waals surface area (Å²) >= 11 is 1.37. The summed E-state index contributed by atoms with van der Waals surface area (Å²) in [5, 5.41) is 14.1. The normalized spacial score (nSPS) is 23.8. The Morgan fingerprint density at radius 3 is 3.21 bits per heavy atom. The fourth-order valence-electron chi connectivity index (χ4n) is 2.26. The van der Waals surface area contributed by atoms with E-state index in [1.165, 1.54) is 11.3 Å². The molecule has 6 heteroatoms. The summed E-state index contributed by atoms with van der Waals surface area (Å²) in [6.07, 6.45) is 0.927. The van der Waals surface area contributed by atoms with Gasteiger partial charge in [0.2, 0.25) is 5.91 Å². The summed E-state index contributed by atoms with van der Waals surface area (Å²) in [6, 6.07) is 4.01. The predicted octanol–water partition coefficient (Wildman–Crippen LogP) is 1.23. The van der Waals surface area contributed by atoms with Gasteiger partial charge in [0.1, 0.15) is 11.1 Å². The van der Waals surface area contributed by atoms with Crippen molar-refractivity contribution in [2.75, 3.05) is 25.0 Å².